The van der Waals surface area contributed by atoms with E-state index in [9.17, 15) is 0 Å². The zero-order valence-corrected chi connectivity index (χ0v) is 9.44. The molecule has 0 spiro atoms. The van der Waals surface area contributed by atoms with Crippen molar-refractivity contribution in [3.8, 4) is 0 Å². The van der Waals surface area contributed by atoms with Crippen molar-refractivity contribution in [3.63, 3.8) is 0 Å². The zero-order valence-electron chi connectivity index (χ0n) is 7.88. The fraction of sp³-hybridized carbons (Fsp3) is 0.400. The molecular weight excluding hydrogens is 184 g/mol. The first-order chi connectivity index (χ1) is 5.85. The van der Waals surface area contributed by atoms with Gasteiger partial charge in [-0.15, -0.1) is 0 Å². The average Bonchev–Trinajstić information content (AvgIpc) is 2.10. The smallest absolute Gasteiger partial charge is 0.153 e. The van der Waals surface area contributed by atoms with Gasteiger partial charge >= 0.3 is 70.0 Å². The van der Waals surface area contributed by atoms with Crippen LogP contribution in [0.15, 0.2) is 38.0 Å². The summed E-state index contributed by atoms with van der Waals surface area (Å²) in [5.41, 5.74) is 0. The first kappa shape index (κ1) is 14.4. The standard InChI is InChI=1S/3C3H5.CH3O.Ti/c3*1-3-2;1-2;/h3*3H,1-2H2;1H3;/q;;;-1;+1. The molecule has 0 radical (unpaired) electrons. The van der Waals surface area contributed by atoms with E-state index in [-0.39, 0.29) is 0 Å². The van der Waals surface area contributed by atoms with Gasteiger partial charge in [0, 0.05) is 0 Å². The van der Waals surface area contributed by atoms with Gasteiger partial charge in [0.05, 0.1) is 0 Å². The van der Waals surface area contributed by atoms with Crippen LogP contribution in [0.2, 0.25) is 14.2 Å². The minimum Gasteiger partial charge on any atom is -0.857 e. The van der Waals surface area contributed by atoms with Gasteiger partial charge in [-0.05, 0) is 0 Å². The molecule has 68 valence electrons. The van der Waals surface area contributed by atoms with Crippen LogP contribution in [0.4, 0.5) is 0 Å². The molecule has 0 aliphatic heterocycles. The molecule has 0 heterocycles. The van der Waals surface area contributed by atoms with Gasteiger partial charge in [0.2, 0.25) is 0 Å². The Morgan fingerprint density at radius 2 is 1.17 bits per heavy atom. The quantitative estimate of drug-likeness (QED) is 0.479. The first-order valence-corrected chi connectivity index (χ1v) is 7.23. The van der Waals surface area contributed by atoms with E-state index in [1.807, 2.05) is 18.2 Å². The largest absolute Gasteiger partial charge is 0.857 e. The number of hydrogen-bond donors (Lipinski definition) is 0. The molecule has 0 aromatic rings. The molecule has 0 aromatic heterocycles. The minimum absolute atomic E-state index is 0.750. The summed E-state index contributed by atoms with van der Waals surface area (Å²) < 4.78 is 3.70. The summed E-state index contributed by atoms with van der Waals surface area (Å²) in [4.78, 5) is 0. The predicted octanol–water partition coefficient (Wildman–Crippen LogP) is 2.39. The van der Waals surface area contributed by atoms with Gasteiger partial charge in [-0.3, -0.25) is 0 Å². The van der Waals surface area contributed by atoms with Crippen molar-refractivity contribution in [3.05, 3.63) is 38.0 Å². The van der Waals surface area contributed by atoms with Crippen LogP contribution in [0.25, 0.3) is 0 Å². The third-order valence-corrected chi connectivity index (χ3v) is 5.36. The molecule has 0 rings (SSSR count). The van der Waals surface area contributed by atoms with Crippen LogP contribution in [0.3, 0.4) is 0 Å². The van der Waals surface area contributed by atoms with Crippen molar-refractivity contribution in [1.29, 1.82) is 0 Å². The first-order valence-electron chi connectivity index (χ1n) is 3.92. The normalized spacial score (nSPS) is 7.50. The Morgan fingerprint density at radius 1 is 0.917 bits per heavy atom. The number of rotatable bonds is 6. The van der Waals surface area contributed by atoms with Crippen LogP contribution < -0.4 is 5.11 Å². The summed E-state index contributed by atoms with van der Waals surface area (Å²) in [5.74, 6) is 0. The van der Waals surface area contributed by atoms with E-state index in [0.717, 1.165) is 7.11 Å². The Bertz CT molecular complexity index is 97.2. The monoisotopic (exact) mass is 202 g/mol. The van der Waals surface area contributed by atoms with Gasteiger partial charge in [-0.25, -0.2) is 0 Å². The molecule has 12 heavy (non-hydrogen) atoms. The molecule has 0 fully saturated rings. The van der Waals surface area contributed by atoms with Crippen molar-refractivity contribution < 1.29 is 23.0 Å². The second-order valence-electron chi connectivity index (χ2n) is 2.23. The summed E-state index contributed by atoms with van der Waals surface area (Å²) in [6.07, 6.45) is 6.09. The van der Waals surface area contributed by atoms with Crippen molar-refractivity contribution in [2.24, 2.45) is 0 Å². The number of allylic oxidation sites excluding steroid dienone is 3. The van der Waals surface area contributed by atoms with Gasteiger partial charge in [-0.2, -0.15) is 7.11 Å². The summed E-state index contributed by atoms with van der Waals surface area (Å²) in [7, 11) is 0.750. The Kier molecular flexibility index (Phi) is 16.2. The second-order valence-corrected chi connectivity index (χ2v) is 6.48. The van der Waals surface area contributed by atoms with E-state index in [0.29, 0.717) is 0 Å². The van der Waals surface area contributed by atoms with Crippen LogP contribution in [-0.4, -0.2) is 7.11 Å². The van der Waals surface area contributed by atoms with E-state index >= 15 is 0 Å². The molecule has 0 atom stereocenters. The molecule has 0 saturated carbocycles. The van der Waals surface area contributed by atoms with Crippen LogP contribution in [0, 0.1) is 0 Å². The van der Waals surface area contributed by atoms with Gasteiger partial charge in [0.1, 0.15) is 0 Å². The van der Waals surface area contributed by atoms with E-state index in [2.05, 4.69) is 19.7 Å². The fourth-order valence-corrected chi connectivity index (χ4v) is 3.56. The maximum atomic E-state index is 8.25. The summed E-state index contributed by atoms with van der Waals surface area (Å²) >= 11 is -0.840. The van der Waals surface area contributed by atoms with E-state index in [1.54, 1.807) is 0 Å². The molecule has 0 saturated heterocycles. The summed E-state index contributed by atoms with van der Waals surface area (Å²) in [5, 5.41) is 8.25. The van der Waals surface area contributed by atoms with Gasteiger partial charge in [-0.1, -0.05) is 0 Å². The maximum Gasteiger partial charge on any atom is -0.153 e. The Balaban J connectivity index is 0. The molecule has 0 aromatic carbocycles. The third-order valence-electron chi connectivity index (χ3n) is 1.30. The van der Waals surface area contributed by atoms with Crippen LogP contribution >= 0.6 is 0 Å². The van der Waals surface area contributed by atoms with Crippen molar-refractivity contribution in [2.45, 2.75) is 14.2 Å². The average molecular weight is 202 g/mol. The Hall–Kier alpha value is -0.106. The molecule has 0 N–H and O–H groups in total. The van der Waals surface area contributed by atoms with Gasteiger partial charge in [0.15, 0.2) is 0 Å². The second kappa shape index (κ2) is 13.5. The molecule has 0 unspecified atom stereocenters. The van der Waals surface area contributed by atoms with Gasteiger partial charge in [0.25, 0.3) is 0 Å². The maximum absolute atomic E-state index is 8.25. The van der Waals surface area contributed by atoms with Crippen molar-refractivity contribution >= 4 is 0 Å². The minimum atomic E-state index is -0.840. The zero-order chi connectivity index (χ0) is 9.82. The SMILES string of the molecule is C=C[CH2][Ti+]([CH2]C=C)[CH2]C=C.C[O-]. The molecular formula is C10H18OTi. The van der Waals surface area contributed by atoms with Crippen molar-refractivity contribution in [1.82, 2.24) is 0 Å². The van der Waals surface area contributed by atoms with E-state index < -0.39 is 17.9 Å². The predicted molar refractivity (Wildman–Crippen MR) is 50.9 cm³/mol. The van der Waals surface area contributed by atoms with Crippen molar-refractivity contribution in [2.75, 3.05) is 7.11 Å². The van der Waals surface area contributed by atoms with E-state index in [4.69, 9.17) is 5.11 Å². The fourth-order valence-electron chi connectivity index (χ4n) is 0.862. The van der Waals surface area contributed by atoms with Crippen LogP contribution in [0.1, 0.15) is 0 Å². The topological polar surface area (TPSA) is 23.1 Å². The summed E-state index contributed by atoms with van der Waals surface area (Å²) in [6, 6.07) is 0. The molecule has 0 aliphatic carbocycles. The Morgan fingerprint density at radius 3 is 1.33 bits per heavy atom. The summed E-state index contributed by atoms with van der Waals surface area (Å²) in [6.45, 7) is 11.2. The van der Waals surface area contributed by atoms with Crippen LogP contribution in [0.5, 0.6) is 0 Å². The molecule has 0 amide bonds. The van der Waals surface area contributed by atoms with E-state index in [1.165, 1.54) is 14.2 Å². The molecule has 2 heteroatoms. The molecule has 0 bridgehead atoms. The Labute approximate surface area is 82.3 Å². The number of hydrogen-bond acceptors (Lipinski definition) is 1. The van der Waals surface area contributed by atoms with Crippen LogP contribution in [-0.2, 0) is 17.9 Å². The third kappa shape index (κ3) is 9.89. The van der Waals surface area contributed by atoms with Gasteiger partial charge < -0.3 is 5.11 Å². The molecule has 1 nitrogen and oxygen atoms in total. The molecule has 0 aliphatic rings.